The summed E-state index contributed by atoms with van der Waals surface area (Å²) in [6.45, 7) is 4.11. The highest BCUT2D eigenvalue weighted by atomic mass is 19.1. The number of nitrogens with one attached hydrogen (secondary N) is 3. The third kappa shape index (κ3) is 2.41. The molecule has 0 aromatic heterocycles. The van der Waals surface area contributed by atoms with Crippen molar-refractivity contribution in [1.29, 1.82) is 0 Å². The number of nitrogens with zero attached hydrogens (tertiary/aromatic N) is 2. The zero-order valence-corrected chi connectivity index (χ0v) is 14.8. The fourth-order valence-corrected chi connectivity index (χ4v) is 3.34. The van der Waals surface area contributed by atoms with Gasteiger partial charge in [-0.05, 0) is 49.7 Å². The summed E-state index contributed by atoms with van der Waals surface area (Å²) in [6, 6.07) is 10.7. The van der Waals surface area contributed by atoms with Gasteiger partial charge in [0.25, 0.3) is 0 Å². The number of benzene rings is 2. The van der Waals surface area contributed by atoms with Crippen molar-refractivity contribution in [1.82, 2.24) is 5.48 Å². The van der Waals surface area contributed by atoms with Gasteiger partial charge in [0.05, 0.1) is 11.4 Å². The highest BCUT2D eigenvalue weighted by molar-refractivity contribution is 5.84. The predicted octanol–water partition coefficient (Wildman–Crippen LogP) is 3.28. The summed E-state index contributed by atoms with van der Waals surface area (Å²) in [7, 11) is 0. The first-order chi connectivity index (χ1) is 13.1. The fraction of sp³-hybridized carbons (Fsp3) is 0.211. The first-order valence-corrected chi connectivity index (χ1v) is 8.61. The van der Waals surface area contributed by atoms with Crippen molar-refractivity contribution in [2.24, 2.45) is 4.99 Å². The smallest absolute Gasteiger partial charge is 0.351 e. The molecular formula is C19H18FN5O2. The topological polar surface area (TPSA) is 70.2 Å². The lowest BCUT2D eigenvalue weighted by Crippen LogP contribution is -2.51. The van der Waals surface area contributed by atoms with E-state index in [9.17, 15) is 4.39 Å². The Morgan fingerprint density at radius 2 is 2.11 bits per heavy atom. The molecule has 1 unspecified atom stereocenters. The van der Waals surface area contributed by atoms with Crippen LogP contribution in [0.3, 0.4) is 0 Å². The molecule has 3 N–H and O–H groups in total. The summed E-state index contributed by atoms with van der Waals surface area (Å²) in [6.07, 6.45) is 1.73. The molecule has 2 bridgehead atoms. The van der Waals surface area contributed by atoms with Gasteiger partial charge in [0, 0.05) is 17.5 Å². The van der Waals surface area contributed by atoms with E-state index in [1.54, 1.807) is 25.3 Å². The van der Waals surface area contributed by atoms with Gasteiger partial charge in [-0.2, -0.15) is 0 Å². The number of hydrogen-bond donors (Lipinski definition) is 3. The average molecular weight is 367 g/mol. The minimum atomic E-state index is -1.26. The van der Waals surface area contributed by atoms with Gasteiger partial charge in [0.15, 0.2) is 6.73 Å². The van der Waals surface area contributed by atoms with Crippen molar-refractivity contribution in [3.8, 4) is 5.75 Å². The van der Waals surface area contributed by atoms with Gasteiger partial charge in [-0.1, -0.05) is 6.07 Å². The summed E-state index contributed by atoms with van der Waals surface area (Å²) < 4.78 is 19.5. The van der Waals surface area contributed by atoms with E-state index < -0.39 is 5.97 Å². The van der Waals surface area contributed by atoms with E-state index in [0.717, 1.165) is 28.5 Å². The zero-order valence-electron chi connectivity index (χ0n) is 14.8. The predicted molar refractivity (Wildman–Crippen MR) is 101 cm³/mol. The second-order valence-corrected chi connectivity index (χ2v) is 6.67. The molecule has 3 heterocycles. The minimum Gasteiger partial charge on any atom is -0.471 e. The molecule has 5 rings (SSSR count). The molecule has 0 spiro atoms. The monoisotopic (exact) mass is 367 g/mol. The second kappa shape index (κ2) is 5.62. The van der Waals surface area contributed by atoms with E-state index in [1.807, 2.05) is 30.0 Å². The second-order valence-electron chi connectivity index (χ2n) is 6.67. The molecule has 138 valence electrons. The standard InChI is InChI=1S/C19H18FN5O2/c1-11-3-4-13(7-15(11)20)23-19-22-9-12(2)18(24-27-19)25(19)14-5-6-17-16(8-14)21-10-26-17/h3-9,21,23-24H,10H2,1-2H3. The van der Waals surface area contributed by atoms with Gasteiger partial charge in [-0.25, -0.2) is 19.7 Å². The maximum Gasteiger partial charge on any atom is 0.351 e. The van der Waals surface area contributed by atoms with Crippen LogP contribution >= 0.6 is 0 Å². The van der Waals surface area contributed by atoms with Crippen molar-refractivity contribution in [3.63, 3.8) is 0 Å². The molecule has 2 aromatic rings. The van der Waals surface area contributed by atoms with Gasteiger partial charge < -0.3 is 15.4 Å². The number of rotatable bonds is 3. The lowest BCUT2D eigenvalue weighted by molar-refractivity contribution is -0.0214. The van der Waals surface area contributed by atoms with Crippen molar-refractivity contribution in [3.05, 3.63) is 59.2 Å². The van der Waals surface area contributed by atoms with Crippen LogP contribution in [0.2, 0.25) is 0 Å². The molecule has 8 heteroatoms. The summed E-state index contributed by atoms with van der Waals surface area (Å²) in [5, 5.41) is 6.39. The fourth-order valence-electron chi connectivity index (χ4n) is 3.34. The average Bonchev–Trinajstić information content (AvgIpc) is 3.23. The molecule has 27 heavy (non-hydrogen) atoms. The van der Waals surface area contributed by atoms with E-state index >= 15 is 0 Å². The SMILES string of the molecule is CC1=C2NOC(Nc3ccc(C)c(F)c3)(N=C1)N2c1ccc2c(c1)NCO2. The zero-order chi connectivity index (χ0) is 18.6. The number of fused-ring (bicyclic) bond motifs is 3. The van der Waals surface area contributed by atoms with Gasteiger partial charge in [0.2, 0.25) is 0 Å². The molecule has 1 atom stereocenters. The number of hydroxylamine groups is 1. The molecule has 3 aliphatic heterocycles. The van der Waals surface area contributed by atoms with Crippen molar-refractivity contribution < 1.29 is 14.0 Å². The van der Waals surface area contributed by atoms with Crippen LogP contribution in [0.5, 0.6) is 5.75 Å². The minimum absolute atomic E-state index is 0.292. The molecule has 7 nitrogen and oxygen atoms in total. The van der Waals surface area contributed by atoms with Gasteiger partial charge in [-0.15, -0.1) is 0 Å². The Morgan fingerprint density at radius 1 is 1.22 bits per heavy atom. The summed E-state index contributed by atoms with van der Waals surface area (Å²) in [5.41, 5.74) is 6.75. The Hall–Kier alpha value is -3.26. The van der Waals surface area contributed by atoms with Crippen LogP contribution in [0.15, 0.2) is 52.8 Å². The van der Waals surface area contributed by atoms with Crippen molar-refractivity contribution in [2.45, 2.75) is 19.8 Å². The normalized spacial score (nSPS) is 22.3. The third-order valence-electron chi connectivity index (χ3n) is 4.81. The first-order valence-electron chi connectivity index (χ1n) is 8.61. The van der Waals surface area contributed by atoms with E-state index in [0.29, 0.717) is 18.0 Å². The van der Waals surface area contributed by atoms with Crippen LogP contribution < -0.4 is 25.8 Å². The van der Waals surface area contributed by atoms with Gasteiger partial charge >= 0.3 is 5.97 Å². The van der Waals surface area contributed by atoms with E-state index in [-0.39, 0.29) is 5.82 Å². The van der Waals surface area contributed by atoms with Crippen LogP contribution in [0.25, 0.3) is 0 Å². The molecular weight excluding hydrogens is 349 g/mol. The Kier molecular flexibility index (Phi) is 3.32. The number of ether oxygens (including phenoxy) is 1. The Morgan fingerprint density at radius 3 is 2.96 bits per heavy atom. The summed E-state index contributed by atoms with van der Waals surface area (Å²) in [4.78, 5) is 12.3. The van der Waals surface area contributed by atoms with Crippen LogP contribution in [-0.2, 0) is 4.84 Å². The number of aryl methyl sites for hydroxylation is 1. The molecule has 0 radical (unpaired) electrons. The van der Waals surface area contributed by atoms with Crippen LogP contribution in [0.1, 0.15) is 12.5 Å². The summed E-state index contributed by atoms with van der Waals surface area (Å²) >= 11 is 0. The Labute approximate surface area is 155 Å². The molecule has 0 saturated carbocycles. The lowest BCUT2D eigenvalue weighted by atomic mass is 10.2. The van der Waals surface area contributed by atoms with Crippen LogP contribution in [0.4, 0.5) is 21.5 Å². The quantitative estimate of drug-likeness (QED) is 0.774. The van der Waals surface area contributed by atoms with Crippen molar-refractivity contribution >= 4 is 23.3 Å². The number of anilines is 3. The number of halogens is 1. The van der Waals surface area contributed by atoms with E-state index in [2.05, 4.69) is 21.1 Å². The molecule has 1 saturated heterocycles. The highest BCUT2D eigenvalue weighted by Crippen LogP contribution is 2.42. The maximum atomic E-state index is 14.0. The largest absolute Gasteiger partial charge is 0.471 e. The summed E-state index contributed by atoms with van der Waals surface area (Å²) in [5.74, 6) is 0.0156. The number of aliphatic imine (C=N–C) groups is 1. The van der Waals surface area contributed by atoms with E-state index in [4.69, 9.17) is 9.57 Å². The molecule has 3 aliphatic rings. The highest BCUT2D eigenvalue weighted by Gasteiger charge is 2.49. The van der Waals surface area contributed by atoms with Gasteiger partial charge in [-0.3, -0.25) is 4.90 Å². The Bertz CT molecular complexity index is 1010. The first kappa shape index (κ1) is 16.0. The number of allylic oxidation sites excluding steroid dienone is 1. The molecule has 0 amide bonds. The van der Waals surface area contributed by atoms with E-state index in [1.165, 1.54) is 6.07 Å². The lowest BCUT2D eigenvalue weighted by Gasteiger charge is -2.36. The molecule has 0 aliphatic carbocycles. The Balaban J connectivity index is 1.57. The van der Waals surface area contributed by atoms with Crippen LogP contribution in [0, 0.1) is 12.7 Å². The van der Waals surface area contributed by atoms with Crippen molar-refractivity contribution in [2.75, 3.05) is 22.3 Å². The third-order valence-corrected chi connectivity index (χ3v) is 4.81. The number of hydrogen-bond acceptors (Lipinski definition) is 7. The van der Waals surface area contributed by atoms with Gasteiger partial charge in [0.1, 0.15) is 17.4 Å². The maximum absolute atomic E-state index is 14.0. The molecule has 2 aromatic carbocycles. The van der Waals surface area contributed by atoms with Crippen LogP contribution in [-0.4, -0.2) is 18.9 Å². The molecule has 1 fully saturated rings.